The summed E-state index contributed by atoms with van der Waals surface area (Å²) in [5.41, 5.74) is 1.91. The van der Waals surface area contributed by atoms with Crippen LogP contribution in [0.4, 0.5) is 0 Å². The van der Waals surface area contributed by atoms with E-state index in [-0.39, 0.29) is 5.91 Å². The van der Waals surface area contributed by atoms with E-state index in [1.54, 1.807) is 32.4 Å². The van der Waals surface area contributed by atoms with Gasteiger partial charge >= 0.3 is 0 Å². The number of hydrogen-bond donors (Lipinski definition) is 0. The Balaban J connectivity index is 1.59. The molecule has 1 fully saturated rings. The van der Waals surface area contributed by atoms with Gasteiger partial charge in [0.05, 0.1) is 14.2 Å². The summed E-state index contributed by atoms with van der Waals surface area (Å²) in [5, 5.41) is 0. The number of ether oxygens (including phenoxy) is 2. The van der Waals surface area contributed by atoms with E-state index in [1.807, 2.05) is 4.90 Å². The molecule has 6 heteroatoms. The van der Waals surface area contributed by atoms with E-state index in [0.29, 0.717) is 17.1 Å². The molecule has 138 valence electrons. The van der Waals surface area contributed by atoms with Gasteiger partial charge in [0, 0.05) is 42.8 Å². The van der Waals surface area contributed by atoms with E-state index >= 15 is 0 Å². The van der Waals surface area contributed by atoms with Gasteiger partial charge in [-0.2, -0.15) is 0 Å². The molecule has 0 atom stereocenters. The van der Waals surface area contributed by atoms with E-state index < -0.39 is 0 Å². The largest absolute Gasteiger partial charge is 0.493 e. The molecule has 1 saturated heterocycles. The summed E-state index contributed by atoms with van der Waals surface area (Å²) in [6, 6.07) is 13.7. The molecule has 26 heavy (non-hydrogen) atoms. The molecule has 0 bridgehead atoms. The van der Waals surface area contributed by atoms with Crippen LogP contribution in [0.15, 0.2) is 46.9 Å². The van der Waals surface area contributed by atoms with Crippen LogP contribution in [0.3, 0.4) is 0 Å². The fourth-order valence-electron chi connectivity index (χ4n) is 3.11. The number of hydrogen-bond acceptors (Lipinski definition) is 4. The van der Waals surface area contributed by atoms with Crippen molar-refractivity contribution in [1.29, 1.82) is 0 Å². The maximum atomic E-state index is 12.8. The smallest absolute Gasteiger partial charge is 0.254 e. The minimum atomic E-state index is 0.0363. The molecule has 1 heterocycles. The molecule has 0 radical (unpaired) electrons. The summed E-state index contributed by atoms with van der Waals surface area (Å²) in [6.07, 6.45) is 0. The number of benzene rings is 2. The van der Waals surface area contributed by atoms with Gasteiger partial charge in [-0.15, -0.1) is 0 Å². The van der Waals surface area contributed by atoms with Crippen LogP contribution in [0, 0.1) is 0 Å². The van der Waals surface area contributed by atoms with E-state index in [1.165, 1.54) is 5.56 Å². The number of piperazine rings is 1. The van der Waals surface area contributed by atoms with Crippen molar-refractivity contribution in [3.63, 3.8) is 0 Å². The highest BCUT2D eigenvalue weighted by molar-refractivity contribution is 9.10. The van der Waals surface area contributed by atoms with Crippen LogP contribution >= 0.6 is 15.9 Å². The van der Waals surface area contributed by atoms with Crippen LogP contribution in [-0.4, -0.2) is 56.1 Å². The molecule has 1 aliphatic heterocycles. The monoisotopic (exact) mass is 418 g/mol. The summed E-state index contributed by atoms with van der Waals surface area (Å²) in [6.45, 7) is 4.10. The van der Waals surface area contributed by atoms with Crippen LogP contribution in [0.1, 0.15) is 15.9 Å². The fraction of sp³-hybridized carbons (Fsp3) is 0.350. The molecule has 0 N–H and O–H groups in total. The summed E-state index contributed by atoms with van der Waals surface area (Å²) in [7, 11) is 3.16. The zero-order chi connectivity index (χ0) is 18.5. The zero-order valence-electron chi connectivity index (χ0n) is 15.1. The Kier molecular flexibility index (Phi) is 6.16. The first-order chi connectivity index (χ1) is 12.6. The topological polar surface area (TPSA) is 42.0 Å². The van der Waals surface area contributed by atoms with Crippen LogP contribution < -0.4 is 9.47 Å². The van der Waals surface area contributed by atoms with Crippen molar-refractivity contribution in [3.8, 4) is 11.5 Å². The molecular formula is C20H23BrN2O3. The lowest BCUT2D eigenvalue weighted by atomic mass is 10.1. The van der Waals surface area contributed by atoms with Crippen molar-refractivity contribution >= 4 is 21.8 Å². The number of carbonyl (C=O) groups is 1. The lowest BCUT2D eigenvalue weighted by Gasteiger charge is -2.34. The highest BCUT2D eigenvalue weighted by Gasteiger charge is 2.23. The molecule has 3 rings (SSSR count). The average molecular weight is 419 g/mol. The summed E-state index contributed by atoms with van der Waals surface area (Å²) in [5.74, 6) is 1.24. The first-order valence-electron chi connectivity index (χ1n) is 8.59. The van der Waals surface area contributed by atoms with Gasteiger partial charge in [0.1, 0.15) is 0 Å². The van der Waals surface area contributed by atoms with Crippen molar-refractivity contribution in [2.45, 2.75) is 6.54 Å². The second-order valence-corrected chi connectivity index (χ2v) is 7.18. The third-order valence-electron chi connectivity index (χ3n) is 4.61. The summed E-state index contributed by atoms with van der Waals surface area (Å²) < 4.78 is 11.6. The molecule has 0 unspecified atom stereocenters. The Hall–Kier alpha value is -2.05. The van der Waals surface area contributed by atoms with E-state index in [0.717, 1.165) is 37.2 Å². The lowest BCUT2D eigenvalue weighted by Crippen LogP contribution is -2.48. The third-order valence-corrected chi connectivity index (χ3v) is 5.14. The molecule has 1 aliphatic rings. The Morgan fingerprint density at radius 1 is 0.962 bits per heavy atom. The lowest BCUT2D eigenvalue weighted by molar-refractivity contribution is 0.0628. The fourth-order valence-corrected chi connectivity index (χ4v) is 3.37. The second-order valence-electron chi connectivity index (χ2n) is 6.26. The van der Waals surface area contributed by atoms with Crippen molar-refractivity contribution in [2.24, 2.45) is 0 Å². The number of carbonyl (C=O) groups excluding carboxylic acids is 1. The number of halogens is 1. The molecule has 0 saturated carbocycles. The predicted molar refractivity (Wildman–Crippen MR) is 105 cm³/mol. The number of rotatable bonds is 5. The minimum absolute atomic E-state index is 0.0363. The van der Waals surface area contributed by atoms with Gasteiger partial charge in [0.2, 0.25) is 0 Å². The van der Waals surface area contributed by atoms with Crippen molar-refractivity contribution in [2.75, 3.05) is 40.4 Å². The predicted octanol–water partition coefficient (Wildman–Crippen LogP) is 3.42. The van der Waals surface area contributed by atoms with E-state index in [9.17, 15) is 4.79 Å². The molecule has 0 aromatic heterocycles. The molecule has 2 aromatic carbocycles. The third kappa shape index (κ3) is 4.37. The van der Waals surface area contributed by atoms with Gasteiger partial charge in [0.15, 0.2) is 11.5 Å². The van der Waals surface area contributed by atoms with Gasteiger partial charge in [-0.25, -0.2) is 0 Å². The Labute approximate surface area is 162 Å². The molecule has 1 amide bonds. The molecular weight excluding hydrogens is 396 g/mol. The minimum Gasteiger partial charge on any atom is -0.493 e. The number of amides is 1. The maximum Gasteiger partial charge on any atom is 0.254 e. The van der Waals surface area contributed by atoms with E-state index in [4.69, 9.17) is 9.47 Å². The van der Waals surface area contributed by atoms with Crippen LogP contribution in [-0.2, 0) is 6.54 Å². The second kappa shape index (κ2) is 8.56. The van der Waals surface area contributed by atoms with Gasteiger partial charge in [0.25, 0.3) is 5.91 Å². The maximum absolute atomic E-state index is 12.8. The highest BCUT2D eigenvalue weighted by Crippen LogP contribution is 2.28. The Morgan fingerprint density at radius 3 is 2.23 bits per heavy atom. The number of methoxy groups -OCH3 is 2. The quantitative estimate of drug-likeness (QED) is 0.745. The first-order valence-corrected chi connectivity index (χ1v) is 9.38. The SMILES string of the molecule is COc1ccc(C(=O)N2CCN(Cc3ccc(Br)cc3)CC2)cc1OC. The average Bonchev–Trinajstić information content (AvgIpc) is 2.69. The van der Waals surface area contributed by atoms with Crippen molar-refractivity contribution in [1.82, 2.24) is 9.80 Å². The zero-order valence-corrected chi connectivity index (χ0v) is 16.7. The van der Waals surface area contributed by atoms with Crippen molar-refractivity contribution in [3.05, 3.63) is 58.1 Å². The molecule has 5 nitrogen and oxygen atoms in total. The summed E-state index contributed by atoms with van der Waals surface area (Å²) >= 11 is 3.46. The van der Waals surface area contributed by atoms with Gasteiger partial charge < -0.3 is 14.4 Å². The van der Waals surface area contributed by atoms with Crippen LogP contribution in [0.5, 0.6) is 11.5 Å². The van der Waals surface area contributed by atoms with E-state index in [2.05, 4.69) is 45.1 Å². The highest BCUT2D eigenvalue weighted by atomic mass is 79.9. The molecule has 0 spiro atoms. The van der Waals surface area contributed by atoms with Crippen LogP contribution in [0.25, 0.3) is 0 Å². The first kappa shape index (κ1) is 18.7. The molecule has 0 aliphatic carbocycles. The van der Waals surface area contributed by atoms with Crippen molar-refractivity contribution < 1.29 is 14.3 Å². The molecule has 2 aromatic rings. The van der Waals surface area contributed by atoms with Crippen LogP contribution in [0.2, 0.25) is 0 Å². The number of nitrogens with zero attached hydrogens (tertiary/aromatic N) is 2. The van der Waals surface area contributed by atoms with Gasteiger partial charge in [-0.3, -0.25) is 9.69 Å². The normalized spacial score (nSPS) is 15.0. The van der Waals surface area contributed by atoms with Gasteiger partial charge in [-0.05, 0) is 35.9 Å². The summed E-state index contributed by atoms with van der Waals surface area (Å²) in [4.78, 5) is 17.1. The Bertz CT molecular complexity index is 756. The Morgan fingerprint density at radius 2 is 1.62 bits per heavy atom. The van der Waals surface area contributed by atoms with Gasteiger partial charge in [-0.1, -0.05) is 28.1 Å². The standard InChI is InChI=1S/C20H23BrN2O3/c1-25-18-8-5-16(13-19(18)26-2)20(24)23-11-9-22(10-12-23)14-15-3-6-17(21)7-4-15/h3-8,13H,9-12,14H2,1-2H3.